The monoisotopic (exact) mass is 245 g/mol. The van der Waals surface area contributed by atoms with Crippen molar-refractivity contribution >= 4 is 5.97 Å². The number of nitrogens with two attached hydrogens (primary N) is 1. The molecule has 1 aliphatic carbocycles. The quantitative estimate of drug-likeness (QED) is 0.558. The van der Waals surface area contributed by atoms with Crippen LogP contribution in [0.2, 0.25) is 0 Å². The maximum absolute atomic E-state index is 11.3. The summed E-state index contributed by atoms with van der Waals surface area (Å²) in [6.07, 6.45) is 3.31. The Morgan fingerprint density at radius 2 is 2.12 bits per heavy atom. The summed E-state index contributed by atoms with van der Waals surface area (Å²) in [6.45, 7) is 1.94. The molecule has 0 aromatic heterocycles. The second kappa shape index (κ2) is 6.93. The highest BCUT2D eigenvalue weighted by molar-refractivity contribution is 5.76. The summed E-state index contributed by atoms with van der Waals surface area (Å²) < 4.78 is 10.3. The van der Waals surface area contributed by atoms with Crippen LogP contribution in [0.4, 0.5) is 0 Å². The third-order valence-corrected chi connectivity index (χ3v) is 3.48. The molecular weight excluding hydrogens is 222 g/mol. The smallest absolute Gasteiger partial charge is 0.311 e. The average Bonchev–Trinajstić information content (AvgIpc) is 3.12. The third kappa shape index (κ3) is 3.94. The van der Waals surface area contributed by atoms with E-state index >= 15 is 0 Å². The molecule has 5 heteroatoms. The maximum Gasteiger partial charge on any atom is 0.311 e. The predicted octanol–water partition coefficient (Wildman–Crippen LogP) is 0.869. The fraction of sp³-hybridized carbons (Fsp3) is 0.917. The topological polar surface area (TPSA) is 81.8 Å². The molecule has 1 fully saturated rings. The molecule has 0 saturated heterocycles. The summed E-state index contributed by atoms with van der Waals surface area (Å²) in [5, 5.41) is 9.32. The average molecular weight is 245 g/mol. The number of ether oxygens (including phenoxy) is 2. The van der Waals surface area contributed by atoms with Crippen LogP contribution in [0.5, 0.6) is 0 Å². The van der Waals surface area contributed by atoms with E-state index in [1.807, 2.05) is 0 Å². The number of hydrogen-bond donors (Lipinski definition) is 2. The van der Waals surface area contributed by atoms with Crippen molar-refractivity contribution in [3.63, 3.8) is 0 Å². The van der Waals surface area contributed by atoms with E-state index in [9.17, 15) is 9.90 Å². The molecule has 3 N–H and O–H groups in total. The van der Waals surface area contributed by atoms with Gasteiger partial charge in [-0.3, -0.25) is 4.79 Å². The molecule has 0 aromatic carbocycles. The second-order valence-corrected chi connectivity index (χ2v) is 4.65. The molecule has 1 rings (SSSR count). The summed E-state index contributed by atoms with van der Waals surface area (Å²) in [4.78, 5) is 11.3. The number of rotatable bonds is 10. The summed E-state index contributed by atoms with van der Waals surface area (Å²) >= 11 is 0. The molecule has 5 nitrogen and oxygen atoms in total. The highest BCUT2D eigenvalue weighted by Crippen LogP contribution is 2.47. The molecule has 0 spiro atoms. The van der Waals surface area contributed by atoms with Gasteiger partial charge in [-0.2, -0.15) is 0 Å². The van der Waals surface area contributed by atoms with Crippen LogP contribution in [0.25, 0.3) is 0 Å². The minimum absolute atomic E-state index is 0.203. The Hall–Kier alpha value is -0.650. The van der Waals surface area contributed by atoms with Gasteiger partial charge in [0.15, 0.2) is 0 Å². The summed E-state index contributed by atoms with van der Waals surface area (Å²) in [6, 6.07) is 0. The largest absolute Gasteiger partial charge is 0.481 e. The molecule has 0 aromatic rings. The van der Waals surface area contributed by atoms with E-state index in [-0.39, 0.29) is 12.5 Å². The van der Waals surface area contributed by atoms with Crippen molar-refractivity contribution in [2.24, 2.45) is 17.1 Å². The van der Waals surface area contributed by atoms with Gasteiger partial charge in [0, 0.05) is 33.5 Å². The highest BCUT2D eigenvalue weighted by atomic mass is 16.5. The molecule has 17 heavy (non-hydrogen) atoms. The zero-order valence-electron chi connectivity index (χ0n) is 10.5. The molecule has 1 unspecified atom stereocenters. The predicted molar refractivity (Wildman–Crippen MR) is 63.8 cm³/mol. The first-order valence-electron chi connectivity index (χ1n) is 6.17. The van der Waals surface area contributed by atoms with E-state index in [4.69, 9.17) is 15.2 Å². The van der Waals surface area contributed by atoms with Crippen molar-refractivity contribution in [2.45, 2.75) is 25.7 Å². The zero-order chi connectivity index (χ0) is 12.7. The number of carboxylic acids is 1. The van der Waals surface area contributed by atoms with Gasteiger partial charge in [-0.15, -0.1) is 0 Å². The summed E-state index contributed by atoms with van der Waals surface area (Å²) in [5.41, 5.74) is 4.89. The Bertz CT molecular complexity index is 243. The van der Waals surface area contributed by atoms with Crippen LogP contribution in [-0.2, 0) is 14.3 Å². The molecule has 1 saturated carbocycles. The van der Waals surface area contributed by atoms with Crippen LogP contribution in [0.1, 0.15) is 25.7 Å². The molecule has 0 heterocycles. The van der Waals surface area contributed by atoms with Crippen LogP contribution in [0.15, 0.2) is 0 Å². The number of methoxy groups -OCH3 is 1. The molecule has 100 valence electrons. The van der Waals surface area contributed by atoms with Gasteiger partial charge in [0.05, 0.1) is 5.41 Å². The van der Waals surface area contributed by atoms with Gasteiger partial charge in [0.2, 0.25) is 0 Å². The van der Waals surface area contributed by atoms with Gasteiger partial charge in [0.1, 0.15) is 0 Å². The highest BCUT2D eigenvalue weighted by Gasteiger charge is 2.49. The van der Waals surface area contributed by atoms with Crippen molar-refractivity contribution in [3.05, 3.63) is 0 Å². The van der Waals surface area contributed by atoms with E-state index in [2.05, 4.69) is 0 Å². The van der Waals surface area contributed by atoms with Crippen LogP contribution in [-0.4, -0.2) is 44.6 Å². The van der Waals surface area contributed by atoms with Crippen molar-refractivity contribution < 1.29 is 19.4 Å². The molecule has 0 radical (unpaired) electrons. The van der Waals surface area contributed by atoms with Gasteiger partial charge < -0.3 is 20.3 Å². The number of carboxylic acid groups (broad SMARTS) is 1. The molecule has 1 aliphatic rings. The van der Waals surface area contributed by atoms with Gasteiger partial charge in [0.25, 0.3) is 0 Å². The second-order valence-electron chi connectivity index (χ2n) is 4.65. The van der Waals surface area contributed by atoms with E-state index in [1.165, 1.54) is 0 Å². The lowest BCUT2D eigenvalue weighted by Gasteiger charge is -2.27. The minimum Gasteiger partial charge on any atom is -0.481 e. The summed E-state index contributed by atoms with van der Waals surface area (Å²) in [5.74, 6) is -0.532. The van der Waals surface area contributed by atoms with Crippen molar-refractivity contribution in [1.82, 2.24) is 0 Å². The van der Waals surface area contributed by atoms with E-state index < -0.39 is 11.4 Å². The normalized spacial score (nSPS) is 18.9. The van der Waals surface area contributed by atoms with E-state index in [1.54, 1.807) is 7.11 Å². The Balaban J connectivity index is 2.27. The zero-order valence-corrected chi connectivity index (χ0v) is 10.5. The standard InChI is InChI=1S/C12H23NO4/c1-16-6-2-7-17-8-5-12(9-13,11(14)15)10-3-4-10/h10H,2-9,13H2,1H3,(H,14,15). The molecular formula is C12H23NO4. The van der Waals surface area contributed by atoms with Crippen LogP contribution >= 0.6 is 0 Å². The maximum atomic E-state index is 11.3. The van der Waals surface area contributed by atoms with E-state index in [0.29, 0.717) is 26.2 Å². The lowest BCUT2D eigenvalue weighted by atomic mass is 9.80. The summed E-state index contributed by atoms with van der Waals surface area (Å²) in [7, 11) is 1.65. The fourth-order valence-corrected chi connectivity index (χ4v) is 2.14. The lowest BCUT2D eigenvalue weighted by molar-refractivity contribution is -0.151. The van der Waals surface area contributed by atoms with Gasteiger partial charge in [-0.25, -0.2) is 0 Å². The first-order chi connectivity index (χ1) is 8.17. The molecule has 1 atom stereocenters. The molecule has 0 aliphatic heterocycles. The first kappa shape index (κ1) is 14.4. The Morgan fingerprint density at radius 3 is 2.59 bits per heavy atom. The van der Waals surface area contributed by atoms with Gasteiger partial charge in [-0.05, 0) is 31.6 Å². The number of aliphatic carboxylic acids is 1. The fourth-order valence-electron chi connectivity index (χ4n) is 2.14. The van der Waals surface area contributed by atoms with E-state index in [0.717, 1.165) is 19.3 Å². The minimum atomic E-state index is -0.775. The first-order valence-corrected chi connectivity index (χ1v) is 6.17. The molecule has 0 amide bonds. The molecule has 0 bridgehead atoms. The SMILES string of the molecule is COCCCOCCC(CN)(C(=O)O)C1CC1. The lowest BCUT2D eigenvalue weighted by Crippen LogP contribution is -2.41. The number of carbonyl (C=O) groups is 1. The van der Waals surface area contributed by atoms with Crippen molar-refractivity contribution in [2.75, 3.05) is 33.5 Å². The third-order valence-electron chi connectivity index (χ3n) is 3.48. The number of hydrogen-bond acceptors (Lipinski definition) is 4. The Kier molecular flexibility index (Phi) is 5.88. The van der Waals surface area contributed by atoms with Crippen LogP contribution < -0.4 is 5.73 Å². The van der Waals surface area contributed by atoms with Crippen molar-refractivity contribution in [3.8, 4) is 0 Å². The van der Waals surface area contributed by atoms with Gasteiger partial charge in [-0.1, -0.05) is 0 Å². The Labute approximate surface area is 102 Å². The van der Waals surface area contributed by atoms with Crippen molar-refractivity contribution in [1.29, 1.82) is 0 Å². The van der Waals surface area contributed by atoms with Crippen LogP contribution in [0.3, 0.4) is 0 Å². The van der Waals surface area contributed by atoms with Gasteiger partial charge >= 0.3 is 5.97 Å². The Morgan fingerprint density at radius 1 is 1.41 bits per heavy atom. The van der Waals surface area contributed by atoms with Crippen LogP contribution in [0, 0.1) is 11.3 Å².